The normalized spacial score (nSPS) is 20.4. The molecule has 10 heteroatoms. The summed E-state index contributed by atoms with van der Waals surface area (Å²) in [5.41, 5.74) is 1.82. The number of amides is 1. The van der Waals surface area contributed by atoms with Gasteiger partial charge in [0.25, 0.3) is 0 Å². The number of nitrogens with zero attached hydrogens (tertiary/aromatic N) is 5. The van der Waals surface area contributed by atoms with Gasteiger partial charge >= 0.3 is 11.8 Å². The number of hydrogen-bond acceptors (Lipinski definition) is 7. The molecule has 0 bridgehead atoms. The number of methoxy groups -OCH3 is 1. The van der Waals surface area contributed by atoms with Gasteiger partial charge in [0.2, 0.25) is 0 Å². The van der Waals surface area contributed by atoms with Crippen LogP contribution in [0.5, 0.6) is 5.75 Å². The van der Waals surface area contributed by atoms with Gasteiger partial charge in [-0.3, -0.25) is 14.8 Å². The van der Waals surface area contributed by atoms with Crippen molar-refractivity contribution in [3.8, 4) is 16.9 Å². The van der Waals surface area contributed by atoms with Crippen LogP contribution in [-0.2, 0) is 11.8 Å². The number of anilines is 1. The summed E-state index contributed by atoms with van der Waals surface area (Å²) >= 11 is 0. The summed E-state index contributed by atoms with van der Waals surface area (Å²) in [5, 5.41) is 15.8. The molecule has 2 atom stereocenters. The van der Waals surface area contributed by atoms with Crippen LogP contribution in [-0.4, -0.2) is 64.1 Å². The highest BCUT2D eigenvalue weighted by molar-refractivity contribution is 5.83. The molecule has 2 aromatic rings. The zero-order valence-corrected chi connectivity index (χ0v) is 19.1. The van der Waals surface area contributed by atoms with Gasteiger partial charge < -0.3 is 19.3 Å². The van der Waals surface area contributed by atoms with E-state index in [9.17, 15) is 14.9 Å². The van der Waals surface area contributed by atoms with Crippen LogP contribution >= 0.6 is 0 Å². The molecule has 0 aliphatic carbocycles. The van der Waals surface area contributed by atoms with Crippen molar-refractivity contribution in [2.45, 2.75) is 38.8 Å². The van der Waals surface area contributed by atoms with E-state index in [0.29, 0.717) is 19.0 Å². The number of rotatable bonds is 4. The molecule has 0 spiro atoms. The Morgan fingerprint density at radius 3 is 2.59 bits per heavy atom. The number of carbonyl (C=O) groups excluding carboxylic acids is 1. The Labute approximate surface area is 186 Å². The monoisotopic (exact) mass is 443 g/mol. The Bertz CT molecular complexity index is 1040. The standard InChI is InChI=1S/C22H29N5O5/c1-22(2,3)32-21(28)26-13-15-12-25(7-6-17(15)26)18-9-20(31-5)19(27(29)30)8-16(18)14-10-23-24(4)11-14/h8-11,15,17H,6-7,12-13H2,1-5H3. The Morgan fingerprint density at radius 2 is 2.03 bits per heavy atom. The van der Waals surface area contributed by atoms with Crippen molar-refractivity contribution in [1.82, 2.24) is 14.7 Å². The molecular formula is C22H29N5O5. The fourth-order valence-corrected chi connectivity index (χ4v) is 4.53. The molecule has 0 saturated carbocycles. The number of nitro groups is 1. The quantitative estimate of drug-likeness (QED) is 0.527. The van der Waals surface area contributed by atoms with Crippen molar-refractivity contribution < 1.29 is 19.2 Å². The summed E-state index contributed by atoms with van der Waals surface area (Å²) in [6.07, 6.45) is 4.08. The molecule has 32 heavy (non-hydrogen) atoms. The number of aryl methyl sites for hydroxylation is 1. The summed E-state index contributed by atoms with van der Waals surface area (Å²) in [5.74, 6) is 0.544. The molecule has 0 N–H and O–H groups in total. The van der Waals surface area contributed by atoms with Crippen molar-refractivity contribution >= 4 is 17.5 Å². The largest absolute Gasteiger partial charge is 0.490 e. The first kappa shape index (κ1) is 21.9. The van der Waals surface area contributed by atoms with Gasteiger partial charge in [0, 0.05) is 73.8 Å². The summed E-state index contributed by atoms with van der Waals surface area (Å²) in [4.78, 5) is 27.7. The third-order valence-corrected chi connectivity index (χ3v) is 6.00. The molecule has 2 unspecified atom stereocenters. The van der Waals surface area contributed by atoms with Gasteiger partial charge in [0.1, 0.15) is 5.60 Å². The number of hydrogen-bond donors (Lipinski definition) is 0. The molecule has 2 aliphatic rings. The van der Waals surface area contributed by atoms with Crippen molar-refractivity contribution in [2.75, 3.05) is 31.6 Å². The first-order valence-corrected chi connectivity index (χ1v) is 10.7. The van der Waals surface area contributed by atoms with Crippen LogP contribution in [0.3, 0.4) is 0 Å². The smallest absolute Gasteiger partial charge is 0.410 e. The van der Waals surface area contributed by atoms with Gasteiger partial charge in [-0.25, -0.2) is 4.79 Å². The lowest BCUT2D eigenvalue weighted by Crippen LogP contribution is -2.65. The minimum Gasteiger partial charge on any atom is -0.490 e. The van der Waals surface area contributed by atoms with Gasteiger partial charge in [0.15, 0.2) is 5.75 Å². The van der Waals surface area contributed by atoms with Crippen molar-refractivity contribution in [3.05, 3.63) is 34.6 Å². The summed E-state index contributed by atoms with van der Waals surface area (Å²) in [7, 11) is 3.25. The van der Waals surface area contributed by atoms with Crippen molar-refractivity contribution in [3.63, 3.8) is 0 Å². The van der Waals surface area contributed by atoms with Crippen LogP contribution in [0.2, 0.25) is 0 Å². The Kier molecular flexibility index (Phi) is 5.47. The van der Waals surface area contributed by atoms with Crippen LogP contribution in [0.15, 0.2) is 24.5 Å². The summed E-state index contributed by atoms with van der Waals surface area (Å²) in [6, 6.07) is 3.46. The minimum atomic E-state index is -0.517. The zero-order chi connectivity index (χ0) is 23.2. The molecule has 2 fully saturated rings. The van der Waals surface area contributed by atoms with E-state index >= 15 is 0 Å². The first-order chi connectivity index (χ1) is 15.1. The first-order valence-electron chi connectivity index (χ1n) is 10.7. The van der Waals surface area contributed by atoms with Gasteiger partial charge in [-0.2, -0.15) is 5.10 Å². The highest BCUT2D eigenvalue weighted by Gasteiger charge is 2.46. The Hall–Kier alpha value is -3.30. The molecule has 3 heterocycles. The van der Waals surface area contributed by atoms with Crippen molar-refractivity contribution in [2.24, 2.45) is 13.0 Å². The lowest BCUT2D eigenvalue weighted by Gasteiger charge is -2.53. The van der Waals surface area contributed by atoms with Gasteiger partial charge in [-0.1, -0.05) is 0 Å². The van der Waals surface area contributed by atoms with Crippen molar-refractivity contribution in [1.29, 1.82) is 0 Å². The second-order valence-electron chi connectivity index (χ2n) is 9.40. The average Bonchev–Trinajstić information content (AvgIpc) is 3.12. The fraction of sp³-hybridized carbons (Fsp3) is 0.545. The highest BCUT2D eigenvalue weighted by Crippen LogP contribution is 2.43. The Morgan fingerprint density at radius 1 is 1.28 bits per heavy atom. The van der Waals surface area contributed by atoms with E-state index in [-0.39, 0.29) is 23.6 Å². The topological polar surface area (TPSA) is 103 Å². The minimum absolute atomic E-state index is 0.0789. The van der Waals surface area contributed by atoms with E-state index in [2.05, 4.69) is 10.00 Å². The van der Waals surface area contributed by atoms with E-state index in [1.807, 2.05) is 38.9 Å². The van der Waals surface area contributed by atoms with Gasteiger partial charge in [-0.15, -0.1) is 0 Å². The number of carbonyl (C=O) groups is 1. The molecule has 172 valence electrons. The number of fused-ring (bicyclic) bond motifs is 1. The number of benzene rings is 1. The maximum Gasteiger partial charge on any atom is 0.410 e. The molecule has 2 saturated heterocycles. The van der Waals surface area contributed by atoms with E-state index < -0.39 is 10.5 Å². The van der Waals surface area contributed by atoms with Crippen LogP contribution in [0.4, 0.5) is 16.2 Å². The second-order valence-corrected chi connectivity index (χ2v) is 9.40. The molecule has 10 nitrogen and oxygen atoms in total. The van der Waals surface area contributed by atoms with Crippen LogP contribution in [0, 0.1) is 16.0 Å². The predicted molar refractivity (Wildman–Crippen MR) is 119 cm³/mol. The third kappa shape index (κ3) is 4.09. The van der Waals surface area contributed by atoms with Gasteiger partial charge in [0.05, 0.1) is 18.2 Å². The van der Waals surface area contributed by atoms with Gasteiger partial charge in [-0.05, 0) is 27.2 Å². The molecule has 1 amide bonds. The Balaban J connectivity index is 1.60. The highest BCUT2D eigenvalue weighted by atomic mass is 16.6. The van der Waals surface area contributed by atoms with E-state index in [0.717, 1.165) is 29.8 Å². The molecule has 1 aromatic carbocycles. The number of piperidine rings is 1. The molecule has 2 aliphatic heterocycles. The third-order valence-electron chi connectivity index (χ3n) is 6.00. The summed E-state index contributed by atoms with van der Waals surface area (Å²) < 4.78 is 12.5. The summed E-state index contributed by atoms with van der Waals surface area (Å²) in [6.45, 7) is 7.71. The average molecular weight is 444 g/mol. The van der Waals surface area contributed by atoms with Crippen LogP contribution in [0.25, 0.3) is 11.1 Å². The maximum atomic E-state index is 12.5. The predicted octanol–water partition coefficient (Wildman–Crippen LogP) is 3.45. The number of nitro benzene ring substituents is 1. The number of ether oxygens (including phenoxy) is 2. The number of aromatic nitrogens is 2. The van der Waals surface area contributed by atoms with Crippen LogP contribution in [0.1, 0.15) is 27.2 Å². The van der Waals surface area contributed by atoms with E-state index in [4.69, 9.17) is 9.47 Å². The molecular weight excluding hydrogens is 414 g/mol. The molecule has 1 aromatic heterocycles. The lowest BCUT2D eigenvalue weighted by atomic mass is 9.82. The van der Waals surface area contributed by atoms with E-state index in [1.54, 1.807) is 23.0 Å². The van der Waals surface area contributed by atoms with E-state index in [1.165, 1.54) is 7.11 Å². The number of likely N-dealkylation sites (tertiary alicyclic amines) is 1. The zero-order valence-electron chi connectivity index (χ0n) is 19.1. The SMILES string of the molecule is COc1cc(N2CCC3C(C2)CN3C(=O)OC(C)(C)C)c(-c2cnn(C)c2)cc1[N+](=O)[O-]. The molecule has 0 radical (unpaired) electrons. The molecule has 4 rings (SSSR count). The lowest BCUT2D eigenvalue weighted by molar-refractivity contribution is -0.385. The second kappa shape index (κ2) is 7.99. The fourth-order valence-electron chi connectivity index (χ4n) is 4.53. The maximum absolute atomic E-state index is 12.5. The van der Waals surface area contributed by atoms with Crippen LogP contribution < -0.4 is 9.64 Å².